The van der Waals surface area contributed by atoms with Gasteiger partial charge in [-0.25, -0.2) is 0 Å². The molecule has 0 fully saturated rings. The minimum absolute atomic E-state index is 0.239. The molecule has 0 radical (unpaired) electrons. The largest absolute Gasteiger partial charge is 0.360 e. The number of hydrogen-bond acceptors (Lipinski definition) is 1. The van der Waals surface area contributed by atoms with Crippen molar-refractivity contribution in [2.45, 2.75) is 33.7 Å². The molecule has 0 saturated carbocycles. The van der Waals surface area contributed by atoms with Gasteiger partial charge in [0.2, 0.25) is 0 Å². The summed E-state index contributed by atoms with van der Waals surface area (Å²) >= 11 is 0. The van der Waals surface area contributed by atoms with Gasteiger partial charge in [-0.3, -0.25) is 4.99 Å². The summed E-state index contributed by atoms with van der Waals surface area (Å²) in [5.74, 6) is 0. The topological polar surface area (TPSA) is 28.1 Å². The van der Waals surface area contributed by atoms with Crippen LogP contribution in [0.3, 0.4) is 0 Å². The van der Waals surface area contributed by atoms with E-state index in [1.54, 1.807) is 0 Å². The van der Waals surface area contributed by atoms with E-state index < -0.39 is 0 Å². The van der Waals surface area contributed by atoms with Gasteiger partial charge in [-0.05, 0) is 24.5 Å². The van der Waals surface area contributed by atoms with Crippen LogP contribution in [-0.2, 0) is 0 Å². The van der Waals surface area contributed by atoms with Gasteiger partial charge in [0, 0.05) is 12.4 Å². The summed E-state index contributed by atoms with van der Waals surface area (Å²) < 4.78 is 0. The maximum Gasteiger partial charge on any atom is 0.0561 e. The zero-order chi connectivity index (χ0) is 9.90. The number of nitrogens with one attached hydrogen (secondary N) is 1. The first-order chi connectivity index (χ1) is 6.00. The molecule has 1 unspecified atom stereocenters. The number of hydrogen-bond donors (Lipinski definition) is 1. The normalized spacial score (nSPS) is 15.1. The third-order valence-corrected chi connectivity index (χ3v) is 2.31. The molecule has 1 aromatic rings. The van der Waals surface area contributed by atoms with Gasteiger partial charge in [0.05, 0.1) is 11.7 Å². The fraction of sp³-hybridized carbons (Fsp3) is 0.545. The molecule has 0 amide bonds. The van der Waals surface area contributed by atoms with Gasteiger partial charge in [-0.2, -0.15) is 0 Å². The highest BCUT2D eigenvalue weighted by atomic mass is 14.8. The van der Waals surface area contributed by atoms with E-state index >= 15 is 0 Å². The standard InChI is InChI=1S/C11H18N2/c1-9(11(2,3)4)13-8-10-6-5-7-12-10/h5-9,12H,1-4H3. The zero-order valence-corrected chi connectivity index (χ0v) is 8.83. The van der Waals surface area contributed by atoms with Crippen molar-refractivity contribution >= 4 is 6.21 Å². The molecule has 2 heteroatoms. The smallest absolute Gasteiger partial charge is 0.0561 e. The molecule has 0 spiro atoms. The highest BCUT2D eigenvalue weighted by molar-refractivity contribution is 5.77. The molecule has 13 heavy (non-hydrogen) atoms. The highest BCUT2D eigenvalue weighted by Crippen LogP contribution is 2.21. The summed E-state index contributed by atoms with van der Waals surface area (Å²) in [5.41, 5.74) is 1.31. The predicted octanol–water partition coefficient (Wildman–Crippen LogP) is 2.87. The molecule has 0 aliphatic carbocycles. The van der Waals surface area contributed by atoms with Crippen molar-refractivity contribution in [2.24, 2.45) is 10.4 Å². The molecule has 0 bridgehead atoms. The van der Waals surface area contributed by atoms with E-state index in [1.165, 1.54) is 0 Å². The van der Waals surface area contributed by atoms with Crippen LogP contribution >= 0.6 is 0 Å². The third kappa shape index (κ3) is 3.05. The average Bonchev–Trinajstić information content (AvgIpc) is 2.50. The fourth-order valence-corrected chi connectivity index (χ4v) is 0.840. The van der Waals surface area contributed by atoms with Gasteiger partial charge < -0.3 is 4.98 Å². The van der Waals surface area contributed by atoms with Crippen LogP contribution in [0.4, 0.5) is 0 Å². The number of aromatic nitrogens is 1. The molecule has 1 heterocycles. The Morgan fingerprint density at radius 1 is 1.46 bits per heavy atom. The van der Waals surface area contributed by atoms with Gasteiger partial charge in [0.1, 0.15) is 0 Å². The molecule has 0 aliphatic rings. The lowest BCUT2D eigenvalue weighted by Gasteiger charge is -2.23. The number of aliphatic imine (C=N–C) groups is 1. The van der Waals surface area contributed by atoms with Gasteiger partial charge in [0.25, 0.3) is 0 Å². The van der Waals surface area contributed by atoms with Crippen molar-refractivity contribution in [1.29, 1.82) is 0 Å². The molecule has 1 rings (SSSR count). The number of nitrogens with zero attached hydrogens (tertiary/aromatic N) is 1. The first kappa shape index (κ1) is 10.0. The Morgan fingerprint density at radius 3 is 2.62 bits per heavy atom. The van der Waals surface area contributed by atoms with Gasteiger partial charge >= 0.3 is 0 Å². The molecular weight excluding hydrogens is 160 g/mol. The fourth-order valence-electron chi connectivity index (χ4n) is 0.840. The van der Waals surface area contributed by atoms with E-state index in [1.807, 2.05) is 24.5 Å². The number of aromatic amines is 1. The lowest BCUT2D eigenvalue weighted by atomic mass is 9.88. The van der Waals surface area contributed by atoms with Gasteiger partial charge in [0.15, 0.2) is 0 Å². The number of rotatable bonds is 2. The van der Waals surface area contributed by atoms with E-state index in [-0.39, 0.29) is 5.41 Å². The quantitative estimate of drug-likeness (QED) is 0.675. The van der Waals surface area contributed by atoms with Crippen molar-refractivity contribution in [1.82, 2.24) is 4.98 Å². The molecule has 1 N–H and O–H groups in total. The van der Waals surface area contributed by atoms with Crippen LogP contribution in [-0.4, -0.2) is 17.2 Å². The van der Waals surface area contributed by atoms with Crippen LogP contribution in [0.15, 0.2) is 23.3 Å². The minimum Gasteiger partial charge on any atom is -0.360 e. The second-order valence-electron chi connectivity index (χ2n) is 4.45. The van der Waals surface area contributed by atoms with Crippen LogP contribution in [0.25, 0.3) is 0 Å². The van der Waals surface area contributed by atoms with E-state index in [0.717, 1.165) is 5.69 Å². The van der Waals surface area contributed by atoms with Crippen molar-refractivity contribution in [3.05, 3.63) is 24.0 Å². The monoisotopic (exact) mass is 178 g/mol. The summed E-state index contributed by atoms with van der Waals surface area (Å²) in [5, 5.41) is 0. The van der Waals surface area contributed by atoms with Crippen LogP contribution < -0.4 is 0 Å². The zero-order valence-electron chi connectivity index (χ0n) is 8.83. The first-order valence-electron chi connectivity index (χ1n) is 4.67. The molecule has 2 nitrogen and oxygen atoms in total. The van der Waals surface area contributed by atoms with Crippen molar-refractivity contribution < 1.29 is 0 Å². The summed E-state index contributed by atoms with van der Waals surface area (Å²) in [7, 11) is 0. The number of H-pyrrole nitrogens is 1. The van der Waals surface area contributed by atoms with Crippen LogP contribution in [0.2, 0.25) is 0 Å². The molecule has 1 aromatic heterocycles. The first-order valence-corrected chi connectivity index (χ1v) is 4.67. The highest BCUT2D eigenvalue weighted by Gasteiger charge is 2.17. The third-order valence-electron chi connectivity index (χ3n) is 2.31. The van der Waals surface area contributed by atoms with Gasteiger partial charge in [-0.15, -0.1) is 0 Å². The lowest BCUT2D eigenvalue weighted by molar-refractivity contribution is 0.342. The van der Waals surface area contributed by atoms with Crippen LogP contribution in [0.1, 0.15) is 33.4 Å². The average molecular weight is 178 g/mol. The van der Waals surface area contributed by atoms with Crippen molar-refractivity contribution in [2.75, 3.05) is 0 Å². The summed E-state index contributed by atoms with van der Waals surface area (Å²) in [6, 6.07) is 4.33. The van der Waals surface area contributed by atoms with Crippen molar-refractivity contribution in [3.8, 4) is 0 Å². The maximum atomic E-state index is 4.48. The van der Waals surface area contributed by atoms with Crippen LogP contribution in [0, 0.1) is 5.41 Å². The Morgan fingerprint density at radius 2 is 2.15 bits per heavy atom. The predicted molar refractivity (Wildman–Crippen MR) is 57.3 cm³/mol. The summed E-state index contributed by atoms with van der Waals surface area (Å²) in [4.78, 5) is 7.58. The molecule has 1 atom stereocenters. The Labute approximate surface area is 80.1 Å². The summed E-state index contributed by atoms with van der Waals surface area (Å²) in [6.07, 6.45) is 3.80. The van der Waals surface area contributed by atoms with Crippen molar-refractivity contribution in [3.63, 3.8) is 0 Å². The summed E-state index contributed by atoms with van der Waals surface area (Å²) in [6.45, 7) is 8.73. The molecular formula is C11H18N2. The van der Waals surface area contributed by atoms with E-state index in [2.05, 4.69) is 37.7 Å². The Bertz CT molecular complexity index is 265. The minimum atomic E-state index is 0.239. The second-order valence-corrected chi connectivity index (χ2v) is 4.45. The van der Waals surface area contributed by atoms with Crippen LogP contribution in [0.5, 0.6) is 0 Å². The van der Waals surface area contributed by atoms with E-state index in [0.29, 0.717) is 6.04 Å². The molecule has 0 saturated heterocycles. The van der Waals surface area contributed by atoms with E-state index in [4.69, 9.17) is 0 Å². The molecule has 0 aliphatic heterocycles. The van der Waals surface area contributed by atoms with E-state index in [9.17, 15) is 0 Å². The Balaban J connectivity index is 2.59. The molecule has 72 valence electrons. The second kappa shape index (κ2) is 3.77. The Hall–Kier alpha value is -1.05. The molecule has 0 aromatic carbocycles. The maximum absolute atomic E-state index is 4.48. The Kier molecular flexibility index (Phi) is 2.91. The lowest BCUT2D eigenvalue weighted by Crippen LogP contribution is -2.20. The SMILES string of the molecule is CC(N=Cc1ccc[nH]1)C(C)(C)C. The van der Waals surface area contributed by atoms with Gasteiger partial charge in [-0.1, -0.05) is 20.8 Å².